The second-order valence-electron chi connectivity index (χ2n) is 5.59. The van der Waals surface area contributed by atoms with Crippen LogP contribution in [0.1, 0.15) is 37.2 Å². The third-order valence-corrected chi connectivity index (χ3v) is 3.96. The Morgan fingerprint density at radius 1 is 1.19 bits per heavy atom. The van der Waals surface area contributed by atoms with Crippen molar-refractivity contribution in [3.63, 3.8) is 0 Å². The average Bonchev–Trinajstić information content (AvgIpc) is 2.86. The van der Waals surface area contributed by atoms with Crippen LogP contribution in [0.4, 0.5) is 0 Å². The molecule has 0 spiro atoms. The fourth-order valence-corrected chi connectivity index (χ4v) is 2.74. The predicted octanol–water partition coefficient (Wildman–Crippen LogP) is 3.14. The van der Waals surface area contributed by atoms with E-state index in [0.717, 1.165) is 32.2 Å². The summed E-state index contributed by atoms with van der Waals surface area (Å²) in [6.45, 7) is 5.34. The van der Waals surface area contributed by atoms with Gasteiger partial charge in [0.05, 0.1) is 5.69 Å². The van der Waals surface area contributed by atoms with Gasteiger partial charge in [0.1, 0.15) is 0 Å². The minimum Gasteiger partial charge on any atom is -0.314 e. The van der Waals surface area contributed by atoms with E-state index in [4.69, 9.17) is 0 Å². The number of likely N-dealkylation sites (N-methyl/N-ethyl adjacent to an activating group) is 1. The van der Waals surface area contributed by atoms with E-state index in [2.05, 4.69) is 67.7 Å². The van der Waals surface area contributed by atoms with E-state index in [1.165, 1.54) is 17.0 Å². The van der Waals surface area contributed by atoms with Crippen LogP contribution in [0, 0.1) is 0 Å². The summed E-state index contributed by atoms with van der Waals surface area (Å²) >= 11 is 0. The number of rotatable bonds is 8. The van der Waals surface area contributed by atoms with Crippen LogP contribution in [-0.4, -0.2) is 22.4 Å². The second kappa shape index (κ2) is 7.99. The van der Waals surface area contributed by atoms with Gasteiger partial charge in [-0.05, 0) is 37.4 Å². The van der Waals surface area contributed by atoms with Gasteiger partial charge in [0.15, 0.2) is 0 Å². The Morgan fingerprint density at radius 2 is 1.95 bits per heavy atom. The summed E-state index contributed by atoms with van der Waals surface area (Å²) < 4.78 is 2.03. The molecule has 0 fully saturated rings. The highest BCUT2D eigenvalue weighted by Gasteiger charge is 2.12. The van der Waals surface area contributed by atoms with Crippen LogP contribution in [0.5, 0.6) is 0 Å². The molecule has 0 aliphatic carbocycles. The van der Waals surface area contributed by atoms with Gasteiger partial charge < -0.3 is 5.32 Å². The summed E-state index contributed by atoms with van der Waals surface area (Å²) in [5, 5.41) is 8.16. The monoisotopic (exact) mass is 285 g/mol. The molecule has 1 heterocycles. The Morgan fingerprint density at radius 3 is 2.57 bits per heavy atom. The molecule has 1 atom stereocenters. The molecule has 0 radical (unpaired) electrons. The first-order chi connectivity index (χ1) is 10.2. The summed E-state index contributed by atoms with van der Waals surface area (Å²) in [7, 11) is 2.05. The lowest BCUT2D eigenvalue weighted by Gasteiger charge is -2.18. The molecule has 0 amide bonds. The molecule has 2 aromatic rings. The molecular weight excluding hydrogens is 258 g/mol. The van der Waals surface area contributed by atoms with E-state index in [9.17, 15) is 0 Å². The number of benzene rings is 1. The Bertz CT molecular complexity index is 531. The van der Waals surface area contributed by atoms with Gasteiger partial charge in [0.25, 0.3) is 0 Å². The maximum atomic E-state index is 4.55. The van der Waals surface area contributed by atoms with Crippen molar-refractivity contribution in [2.75, 3.05) is 6.54 Å². The molecule has 3 heteroatoms. The minimum atomic E-state index is 0.510. The van der Waals surface area contributed by atoms with Crippen LogP contribution in [0.2, 0.25) is 0 Å². The summed E-state index contributed by atoms with van der Waals surface area (Å²) in [6.07, 6.45) is 4.33. The SMILES string of the molecule is CCNC(CCc1ccccc1)Cc1cc(CC)nn1C. The molecule has 0 saturated carbocycles. The summed E-state index contributed by atoms with van der Waals surface area (Å²) in [5.74, 6) is 0. The zero-order valence-corrected chi connectivity index (χ0v) is 13.5. The molecule has 114 valence electrons. The lowest BCUT2D eigenvalue weighted by Crippen LogP contribution is -2.32. The topological polar surface area (TPSA) is 29.9 Å². The molecule has 1 N–H and O–H groups in total. The highest BCUT2D eigenvalue weighted by atomic mass is 15.3. The van der Waals surface area contributed by atoms with Gasteiger partial charge in [0, 0.05) is 25.2 Å². The number of aromatic nitrogens is 2. The molecular formula is C18H27N3. The smallest absolute Gasteiger partial charge is 0.0624 e. The number of hydrogen-bond donors (Lipinski definition) is 1. The second-order valence-corrected chi connectivity index (χ2v) is 5.59. The van der Waals surface area contributed by atoms with E-state index < -0.39 is 0 Å². The van der Waals surface area contributed by atoms with Crippen LogP contribution in [0.25, 0.3) is 0 Å². The molecule has 3 nitrogen and oxygen atoms in total. The molecule has 0 saturated heterocycles. The molecule has 1 unspecified atom stereocenters. The normalized spacial score (nSPS) is 12.5. The molecule has 0 bridgehead atoms. The van der Waals surface area contributed by atoms with Gasteiger partial charge in [-0.15, -0.1) is 0 Å². The lowest BCUT2D eigenvalue weighted by molar-refractivity contribution is 0.477. The van der Waals surface area contributed by atoms with Crippen LogP contribution in [-0.2, 0) is 26.3 Å². The first-order valence-electron chi connectivity index (χ1n) is 8.02. The highest BCUT2D eigenvalue weighted by Crippen LogP contribution is 2.11. The third kappa shape index (κ3) is 4.71. The average molecular weight is 285 g/mol. The lowest BCUT2D eigenvalue weighted by atomic mass is 10.0. The summed E-state index contributed by atoms with van der Waals surface area (Å²) in [6, 6.07) is 13.5. The van der Waals surface area contributed by atoms with E-state index in [1.54, 1.807) is 0 Å². The van der Waals surface area contributed by atoms with E-state index in [0.29, 0.717) is 6.04 Å². The Labute approximate surface area is 128 Å². The highest BCUT2D eigenvalue weighted by molar-refractivity contribution is 5.15. The van der Waals surface area contributed by atoms with Crippen LogP contribution in [0.3, 0.4) is 0 Å². The van der Waals surface area contributed by atoms with Crippen molar-refractivity contribution in [1.82, 2.24) is 15.1 Å². The molecule has 2 rings (SSSR count). The van der Waals surface area contributed by atoms with E-state index in [1.807, 2.05) is 4.68 Å². The van der Waals surface area contributed by atoms with E-state index in [-0.39, 0.29) is 0 Å². The standard InChI is InChI=1S/C18H27N3/c1-4-16-13-18(21(3)20-16)14-17(19-5-2)12-11-15-9-7-6-8-10-15/h6-10,13,17,19H,4-5,11-12,14H2,1-3H3. The van der Waals surface area contributed by atoms with Crippen molar-refractivity contribution in [1.29, 1.82) is 0 Å². The predicted molar refractivity (Wildman–Crippen MR) is 88.5 cm³/mol. The van der Waals surface area contributed by atoms with Crippen molar-refractivity contribution in [3.05, 3.63) is 53.3 Å². The molecule has 0 aliphatic rings. The number of nitrogens with one attached hydrogen (secondary N) is 1. The zero-order valence-electron chi connectivity index (χ0n) is 13.5. The van der Waals surface area contributed by atoms with Crippen molar-refractivity contribution in [2.45, 2.75) is 45.6 Å². The van der Waals surface area contributed by atoms with Gasteiger partial charge in [-0.1, -0.05) is 44.2 Å². The fraction of sp³-hybridized carbons (Fsp3) is 0.500. The number of nitrogens with zero attached hydrogens (tertiary/aromatic N) is 2. The van der Waals surface area contributed by atoms with E-state index >= 15 is 0 Å². The largest absolute Gasteiger partial charge is 0.314 e. The van der Waals surface area contributed by atoms with Crippen molar-refractivity contribution < 1.29 is 0 Å². The van der Waals surface area contributed by atoms with Crippen LogP contribution < -0.4 is 5.32 Å². The molecule has 1 aromatic heterocycles. The quantitative estimate of drug-likeness (QED) is 0.807. The van der Waals surface area contributed by atoms with Gasteiger partial charge >= 0.3 is 0 Å². The maximum Gasteiger partial charge on any atom is 0.0624 e. The maximum absolute atomic E-state index is 4.55. The van der Waals surface area contributed by atoms with Crippen LogP contribution >= 0.6 is 0 Å². The summed E-state index contributed by atoms with van der Waals surface area (Å²) in [4.78, 5) is 0. The van der Waals surface area contributed by atoms with Gasteiger partial charge in [-0.2, -0.15) is 5.10 Å². The Balaban J connectivity index is 1.96. The Hall–Kier alpha value is -1.61. The summed E-state index contributed by atoms with van der Waals surface area (Å²) in [5.41, 5.74) is 3.93. The van der Waals surface area contributed by atoms with Crippen molar-refractivity contribution in [3.8, 4) is 0 Å². The molecule has 21 heavy (non-hydrogen) atoms. The van der Waals surface area contributed by atoms with Gasteiger partial charge in [0.2, 0.25) is 0 Å². The van der Waals surface area contributed by atoms with Gasteiger partial charge in [-0.25, -0.2) is 0 Å². The van der Waals surface area contributed by atoms with Crippen molar-refractivity contribution in [2.24, 2.45) is 7.05 Å². The third-order valence-electron chi connectivity index (χ3n) is 3.96. The molecule has 0 aliphatic heterocycles. The fourth-order valence-electron chi connectivity index (χ4n) is 2.74. The molecule has 1 aromatic carbocycles. The zero-order chi connectivity index (χ0) is 15.1. The van der Waals surface area contributed by atoms with Gasteiger partial charge in [-0.3, -0.25) is 4.68 Å². The van der Waals surface area contributed by atoms with Crippen molar-refractivity contribution >= 4 is 0 Å². The first-order valence-corrected chi connectivity index (χ1v) is 8.02. The minimum absolute atomic E-state index is 0.510. The number of aryl methyl sites for hydroxylation is 3. The number of hydrogen-bond acceptors (Lipinski definition) is 2. The Kier molecular flexibility index (Phi) is 6.00. The van der Waals surface area contributed by atoms with Crippen LogP contribution in [0.15, 0.2) is 36.4 Å². The first kappa shape index (κ1) is 15.8.